The summed E-state index contributed by atoms with van der Waals surface area (Å²) in [5.74, 6) is 4.26. The Hall–Kier alpha value is 0.700. The van der Waals surface area contributed by atoms with Gasteiger partial charge in [0.1, 0.15) is 0 Å². The number of hydrogen-bond acceptors (Lipinski definition) is 2. The SMILES string of the molecule is CC(C)C1CSCC1S. The minimum Gasteiger partial charge on any atom is -0.175 e. The third kappa shape index (κ3) is 1.81. The average molecular weight is 162 g/mol. The van der Waals surface area contributed by atoms with E-state index in [-0.39, 0.29) is 0 Å². The van der Waals surface area contributed by atoms with Crippen LogP contribution in [-0.4, -0.2) is 16.8 Å². The molecule has 2 heteroatoms. The molecular weight excluding hydrogens is 148 g/mol. The molecule has 0 aromatic rings. The van der Waals surface area contributed by atoms with Crippen LogP contribution in [-0.2, 0) is 0 Å². The van der Waals surface area contributed by atoms with Crippen molar-refractivity contribution in [2.24, 2.45) is 11.8 Å². The Labute approximate surface area is 67.2 Å². The van der Waals surface area contributed by atoms with Gasteiger partial charge in [0.2, 0.25) is 0 Å². The van der Waals surface area contributed by atoms with E-state index in [2.05, 4.69) is 26.5 Å². The van der Waals surface area contributed by atoms with Gasteiger partial charge in [0, 0.05) is 11.0 Å². The van der Waals surface area contributed by atoms with Gasteiger partial charge in [0.25, 0.3) is 0 Å². The van der Waals surface area contributed by atoms with Crippen molar-refractivity contribution in [2.75, 3.05) is 11.5 Å². The smallest absolute Gasteiger partial charge is 0.0146 e. The lowest BCUT2D eigenvalue weighted by atomic mass is 9.95. The van der Waals surface area contributed by atoms with Gasteiger partial charge < -0.3 is 0 Å². The van der Waals surface area contributed by atoms with Gasteiger partial charge >= 0.3 is 0 Å². The Bertz CT molecular complexity index is 90.9. The lowest BCUT2D eigenvalue weighted by Crippen LogP contribution is -2.17. The van der Waals surface area contributed by atoms with E-state index in [1.165, 1.54) is 11.5 Å². The molecule has 0 saturated carbocycles. The normalized spacial score (nSPS) is 36.0. The first-order chi connectivity index (χ1) is 4.22. The quantitative estimate of drug-likeness (QED) is 0.577. The van der Waals surface area contributed by atoms with E-state index < -0.39 is 0 Å². The van der Waals surface area contributed by atoms with Crippen LogP contribution in [0.1, 0.15) is 13.8 Å². The molecule has 0 aromatic carbocycles. The molecule has 0 bridgehead atoms. The summed E-state index contributed by atoms with van der Waals surface area (Å²) in [4.78, 5) is 0. The maximum Gasteiger partial charge on any atom is 0.0146 e. The zero-order valence-corrected chi connectivity index (χ0v) is 7.71. The molecule has 54 valence electrons. The lowest BCUT2D eigenvalue weighted by Gasteiger charge is -2.16. The van der Waals surface area contributed by atoms with Gasteiger partial charge in [-0.1, -0.05) is 13.8 Å². The number of hydrogen-bond donors (Lipinski definition) is 1. The third-order valence-corrected chi connectivity index (χ3v) is 3.98. The number of thiol groups is 1. The van der Waals surface area contributed by atoms with Gasteiger partial charge in [0.05, 0.1) is 0 Å². The Morgan fingerprint density at radius 2 is 2.11 bits per heavy atom. The highest BCUT2D eigenvalue weighted by molar-refractivity contribution is 8.00. The monoisotopic (exact) mass is 162 g/mol. The Kier molecular flexibility index (Phi) is 2.77. The van der Waals surface area contributed by atoms with Crippen LogP contribution >= 0.6 is 24.4 Å². The summed E-state index contributed by atoms with van der Waals surface area (Å²) in [7, 11) is 0. The molecule has 0 aromatic heterocycles. The zero-order chi connectivity index (χ0) is 6.85. The van der Waals surface area contributed by atoms with E-state index in [1.54, 1.807) is 0 Å². The van der Waals surface area contributed by atoms with Crippen molar-refractivity contribution in [2.45, 2.75) is 19.1 Å². The second kappa shape index (κ2) is 3.20. The summed E-state index contributed by atoms with van der Waals surface area (Å²) in [6, 6.07) is 0. The highest BCUT2D eigenvalue weighted by Gasteiger charge is 2.26. The molecule has 0 nitrogen and oxygen atoms in total. The summed E-state index contributed by atoms with van der Waals surface area (Å²) in [6.07, 6.45) is 0. The molecule has 0 radical (unpaired) electrons. The molecule has 0 amide bonds. The van der Waals surface area contributed by atoms with E-state index in [0.29, 0.717) is 5.25 Å². The van der Waals surface area contributed by atoms with Crippen LogP contribution in [0.4, 0.5) is 0 Å². The predicted octanol–water partition coefficient (Wildman–Crippen LogP) is 2.30. The van der Waals surface area contributed by atoms with Crippen molar-refractivity contribution in [1.29, 1.82) is 0 Å². The van der Waals surface area contributed by atoms with E-state index in [1.807, 2.05) is 11.8 Å². The predicted molar refractivity (Wildman–Crippen MR) is 48.4 cm³/mol. The molecule has 0 aliphatic carbocycles. The van der Waals surface area contributed by atoms with Gasteiger partial charge in [0.15, 0.2) is 0 Å². The van der Waals surface area contributed by atoms with Crippen molar-refractivity contribution < 1.29 is 0 Å². The largest absolute Gasteiger partial charge is 0.175 e. The van der Waals surface area contributed by atoms with E-state index in [4.69, 9.17) is 0 Å². The van der Waals surface area contributed by atoms with Gasteiger partial charge in [-0.05, 0) is 17.6 Å². The summed E-state index contributed by atoms with van der Waals surface area (Å²) in [6.45, 7) is 4.58. The van der Waals surface area contributed by atoms with Crippen LogP contribution in [0.3, 0.4) is 0 Å². The molecule has 1 heterocycles. The molecule has 1 fully saturated rings. The number of thioether (sulfide) groups is 1. The molecule has 1 aliphatic rings. The second-order valence-electron chi connectivity index (χ2n) is 3.01. The maximum atomic E-state index is 4.51. The van der Waals surface area contributed by atoms with Crippen molar-refractivity contribution in [3.05, 3.63) is 0 Å². The molecular formula is C7H14S2. The lowest BCUT2D eigenvalue weighted by molar-refractivity contribution is 0.440. The van der Waals surface area contributed by atoms with Gasteiger partial charge in [-0.15, -0.1) is 0 Å². The molecule has 1 rings (SSSR count). The van der Waals surface area contributed by atoms with E-state index in [0.717, 1.165) is 11.8 Å². The Morgan fingerprint density at radius 3 is 2.33 bits per heavy atom. The van der Waals surface area contributed by atoms with Crippen LogP contribution in [0.2, 0.25) is 0 Å². The first-order valence-electron chi connectivity index (χ1n) is 3.47. The Morgan fingerprint density at radius 1 is 1.44 bits per heavy atom. The molecule has 1 aliphatic heterocycles. The third-order valence-electron chi connectivity index (χ3n) is 1.95. The summed E-state index contributed by atoms with van der Waals surface area (Å²) >= 11 is 6.55. The molecule has 2 atom stereocenters. The molecule has 2 unspecified atom stereocenters. The highest BCUT2D eigenvalue weighted by Crippen LogP contribution is 2.32. The van der Waals surface area contributed by atoms with Crippen LogP contribution in [0, 0.1) is 11.8 Å². The van der Waals surface area contributed by atoms with Crippen molar-refractivity contribution in [3.8, 4) is 0 Å². The molecule has 0 N–H and O–H groups in total. The van der Waals surface area contributed by atoms with Crippen LogP contribution in [0.5, 0.6) is 0 Å². The van der Waals surface area contributed by atoms with Gasteiger partial charge in [-0.3, -0.25) is 0 Å². The average Bonchev–Trinajstić information content (AvgIpc) is 2.13. The number of rotatable bonds is 1. The first-order valence-corrected chi connectivity index (χ1v) is 5.14. The van der Waals surface area contributed by atoms with Crippen molar-refractivity contribution in [1.82, 2.24) is 0 Å². The van der Waals surface area contributed by atoms with Crippen LogP contribution < -0.4 is 0 Å². The van der Waals surface area contributed by atoms with Crippen LogP contribution in [0.15, 0.2) is 0 Å². The minimum absolute atomic E-state index is 0.662. The van der Waals surface area contributed by atoms with Crippen molar-refractivity contribution >= 4 is 24.4 Å². The topological polar surface area (TPSA) is 0 Å². The van der Waals surface area contributed by atoms with Gasteiger partial charge in [-0.2, -0.15) is 24.4 Å². The fourth-order valence-electron chi connectivity index (χ4n) is 1.20. The van der Waals surface area contributed by atoms with Crippen LogP contribution in [0.25, 0.3) is 0 Å². The zero-order valence-electron chi connectivity index (χ0n) is 6.00. The fraction of sp³-hybridized carbons (Fsp3) is 1.00. The minimum atomic E-state index is 0.662. The molecule has 9 heavy (non-hydrogen) atoms. The van der Waals surface area contributed by atoms with Crippen molar-refractivity contribution in [3.63, 3.8) is 0 Å². The first kappa shape index (κ1) is 7.80. The summed E-state index contributed by atoms with van der Waals surface area (Å²) in [5, 5.41) is 0.662. The highest BCUT2D eigenvalue weighted by atomic mass is 32.2. The van der Waals surface area contributed by atoms with Gasteiger partial charge in [-0.25, -0.2) is 0 Å². The summed E-state index contributed by atoms with van der Waals surface area (Å²) < 4.78 is 0. The molecule has 0 spiro atoms. The summed E-state index contributed by atoms with van der Waals surface area (Å²) in [5.41, 5.74) is 0. The van der Waals surface area contributed by atoms with E-state index in [9.17, 15) is 0 Å². The molecule has 1 saturated heterocycles. The Balaban J connectivity index is 2.40. The maximum absolute atomic E-state index is 4.51. The standard InChI is InChI=1S/C7H14S2/c1-5(2)6-3-9-4-7(6)8/h5-8H,3-4H2,1-2H3. The van der Waals surface area contributed by atoms with E-state index >= 15 is 0 Å². The fourth-order valence-corrected chi connectivity index (χ4v) is 3.62. The second-order valence-corrected chi connectivity index (χ2v) is 4.75.